The zero-order valence-electron chi connectivity index (χ0n) is 10.8. The van der Waals surface area contributed by atoms with Gasteiger partial charge in [-0.25, -0.2) is 0 Å². The number of amides is 1. The van der Waals surface area contributed by atoms with Gasteiger partial charge in [0.05, 0.1) is 6.10 Å². The van der Waals surface area contributed by atoms with Gasteiger partial charge in [0.1, 0.15) is 11.7 Å². The fourth-order valence-electron chi connectivity index (χ4n) is 3.17. The summed E-state index contributed by atoms with van der Waals surface area (Å²) in [5.74, 6) is 0.277. The van der Waals surface area contributed by atoms with Gasteiger partial charge in [0, 0.05) is 13.2 Å². The topological polar surface area (TPSA) is 41.6 Å². The number of carbonyl (C=O) groups excluding carboxylic acids is 1. The lowest BCUT2D eigenvalue weighted by atomic mass is 10.2. The SMILES string of the molecule is O=C1N(CC2CCCO2)C(c2ccsc2)NC12CC2. The minimum atomic E-state index is -0.245. The van der Waals surface area contributed by atoms with Crippen LogP contribution >= 0.6 is 11.3 Å². The third kappa shape index (κ3) is 1.91. The molecule has 1 spiro atoms. The molecule has 1 aromatic rings. The molecule has 19 heavy (non-hydrogen) atoms. The van der Waals surface area contributed by atoms with Gasteiger partial charge in [-0.2, -0.15) is 11.3 Å². The maximum Gasteiger partial charge on any atom is 0.244 e. The van der Waals surface area contributed by atoms with Crippen LogP contribution in [0.3, 0.4) is 0 Å². The Morgan fingerprint density at radius 1 is 1.53 bits per heavy atom. The molecule has 0 radical (unpaired) electrons. The molecule has 4 rings (SSSR count). The molecule has 1 aromatic heterocycles. The lowest BCUT2D eigenvalue weighted by Crippen LogP contribution is -2.37. The van der Waals surface area contributed by atoms with Crippen molar-refractivity contribution in [2.45, 2.75) is 43.5 Å². The monoisotopic (exact) mass is 278 g/mol. The molecule has 1 N–H and O–H groups in total. The van der Waals surface area contributed by atoms with Crippen LogP contribution in [0.15, 0.2) is 16.8 Å². The summed E-state index contributed by atoms with van der Waals surface area (Å²) in [4.78, 5) is 14.6. The number of hydrogen-bond donors (Lipinski definition) is 1. The van der Waals surface area contributed by atoms with Gasteiger partial charge in [-0.1, -0.05) is 0 Å². The Balaban J connectivity index is 1.58. The minimum Gasteiger partial charge on any atom is -0.376 e. The molecule has 0 aromatic carbocycles. The van der Waals surface area contributed by atoms with Crippen molar-refractivity contribution < 1.29 is 9.53 Å². The van der Waals surface area contributed by atoms with E-state index >= 15 is 0 Å². The molecule has 1 aliphatic carbocycles. The van der Waals surface area contributed by atoms with Crippen molar-refractivity contribution >= 4 is 17.2 Å². The molecule has 102 valence electrons. The first-order valence-electron chi connectivity index (χ1n) is 7.01. The zero-order valence-corrected chi connectivity index (χ0v) is 11.6. The van der Waals surface area contributed by atoms with Crippen molar-refractivity contribution in [3.05, 3.63) is 22.4 Å². The number of thiophene rings is 1. The number of carbonyl (C=O) groups is 1. The van der Waals surface area contributed by atoms with E-state index in [4.69, 9.17) is 4.74 Å². The summed E-state index contributed by atoms with van der Waals surface area (Å²) in [6, 6.07) is 2.11. The Kier molecular flexibility index (Phi) is 2.69. The Bertz CT molecular complexity index is 478. The van der Waals surface area contributed by atoms with Gasteiger partial charge in [0.15, 0.2) is 0 Å². The molecule has 3 heterocycles. The van der Waals surface area contributed by atoms with E-state index in [0.29, 0.717) is 0 Å². The zero-order chi connectivity index (χ0) is 12.9. The van der Waals surface area contributed by atoms with Gasteiger partial charge in [-0.3, -0.25) is 10.1 Å². The molecule has 2 atom stereocenters. The molecule has 3 aliphatic rings. The quantitative estimate of drug-likeness (QED) is 0.918. The van der Waals surface area contributed by atoms with Crippen molar-refractivity contribution in [1.82, 2.24) is 10.2 Å². The van der Waals surface area contributed by atoms with Crippen LogP contribution in [0.25, 0.3) is 0 Å². The predicted octanol–water partition coefficient (Wildman–Crippen LogP) is 1.89. The Morgan fingerprint density at radius 2 is 2.42 bits per heavy atom. The van der Waals surface area contributed by atoms with Crippen LogP contribution in [0, 0.1) is 0 Å². The lowest BCUT2D eigenvalue weighted by Gasteiger charge is -2.26. The van der Waals surface area contributed by atoms with Gasteiger partial charge in [-0.15, -0.1) is 0 Å². The van der Waals surface area contributed by atoms with Crippen LogP contribution in [0.2, 0.25) is 0 Å². The first-order valence-corrected chi connectivity index (χ1v) is 7.95. The molecule has 4 nitrogen and oxygen atoms in total. The summed E-state index contributed by atoms with van der Waals surface area (Å²) in [6.45, 7) is 1.57. The van der Waals surface area contributed by atoms with E-state index in [1.807, 2.05) is 4.90 Å². The standard InChI is InChI=1S/C14H18N2O2S/c17-13-14(4-5-14)15-12(10-3-7-19-9-10)16(13)8-11-2-1-6-18-11/h3,7,9,11-12,15H,1-2,4-6,8H2. The Labute approximate surface area is 116 Å². The number of nitrogens with one attached hydrogen (secondary N) is 1. The fourth-order valence-corrected chi connectivity index (χ4v) is 3.85. The van der Waals surface area contributed by atoms with E-state index in [1.54, 1.807) is 11.3 Å². The van der Waals surface area contributed by atoms with Crippen molar-refractivity contribution in [2.75, 3.05) is 13.2 Å². The minimum absolute atomic E-state index is 0.0467. The van der Waals surface area contributed by atoms with Crippen molar-refractivity contribution in [3.8, 4) is 0 Å². The second-order valence-electron chi connectivity index (χ2n) is 5.78. The molecular weight excluding hydrogens is 260 g/mol. The van der Waals surface area contributed by atoms with E-state index in [-0.39, 0.29) is 23.7 Å². The molecule has 0 bridgehead atoms. The average Bonchev–Trinajstić information content (AvgIpc) is 2.86. The smallest absolute Gasteiger partial charge is 0.244 e. The number of hydrogen-bond acceptors (Lipinski definition) is 4. The maximum atomic E-state index is 12.6. The highest BCUT2D eigenvalue weighted by Crippen LogP contribution is 2.46. The molecule has 1 amide bonds. The van der Waals surface area contributed by atoms with Gasteiger partial charge in [0.2, 0.25) is 5.91 Å². The number of rotatable bonds is 3. The second-order valence-corrected chi connectivity index (χ2v) is 6.56. The highest BCUT2D eigenvalue weighted by atomic mass is 32.1. The van der Waals surface area contributed by atoms with Crippen LogP contribution in [-0.2, 0) is 9.53 Å². The summed E-state index contributed by atoms with van der Waals surface area (Å²) < 4.78 is 5.70. The third-order valence-electron chi connectivity index (χ3n) is 4.43. The van der Waals surface area contributed by atoms with E-state index in [2.05, 4.69) is 22.1 Å². The lowest BCUT2D eigenvalue weighted by molar-refractivity contribution is -0.132. The molecule has 5 heteroatoms. The largest absolute Gasteiger partial charge is 0.376 e. The number of ether oxygens (including phenoxy) is 1. The third-order valence-corrected chi connectivity index (χ3v) is 5.13. The van der Waals surface area contributed by atoms with Crippen molar-refractivity contribution in [1.29, 1.82) is 0 Å². The molecule has 3 fully saturated rings. The fraction of sp³-hybridized carbons (Fsp3) is 0.643. The van der Waals surface area contributed by atoms with Crippen molar-refractivity contribution in [3.63, 3.8) is 0 Å². The Morgan fingerprint density at radius 3 is 3.05 bits per heavy atom. The second kappa shape index (κ2) is 4.30. The summed E-state index contributed by atoms with van der Waals surface area (Å²) in [7, 11) is 0. The van der Waals surface area contributed by atoms with E-state index < -0.39 is 0 Å². The summed E-state index contributed by atoms with van der Waals surface area (Å²) in [5, 5.41) is 7.75. The van der Waals surface area contributed by atoms with Gasteiger partial charge >= 0.3 is 0 Å². The molecule has 2 aliphatic heterocycles. The van der Waals surface area contributed by atoms with E-state index in [1.165, 1.54) is 5.56 Å². The molecule has 1 saturated carbocycles. The van der Waals surface area contributed by atoms with Gasteiger partial charge in [-0.05, 0) is 48.1 Å². The maximum absolute atomic E-state index is 12.6. The van der Waals surface area contributed by atoms with Crippen molar-refractivity contribution in [2.24, 2.45) is 0 Å². The average molecular weight is 278 g/mol. The summed E-state index contributed by atoms with van der Waals surface area (Å²) in [5.41, 5.74) is 0.964. The molecule has 2 unspecified atom stereocenters. The first-order chi connectivity index (χ1) is 9.28. The van der Waals surface area contributed by atoms with Gasteiger partial charge in [0.25, 0.3) is 0 Å². The van der Waals surface area contributed by atoms with Crippen LogP contribution in [-0.4, -0.2) is 35.6 Å². The highest BCUT2D eigenvalue weighted by Gasteiger charge is 2.59. The van der Waals surface area contributed by atoms with Crippen LogP contribution in [0.1, 0.15) is 37.4 Å². The van der Waals surface area contributed by atoms with Gasteiger partial charge < -0.3 is 9.64 Å². The predicted molar refractivity (Wildman–Crippen MR) is 72.8 cm³/mol. The summed E-state index contributed by atoms with van der Waals surface area (Å²) >= 11 is 1.68. The molecule has 2 saturated heterocycles. The van der Waals surface area contributed by atoms with Crippen LogP contribution < -0.4 is 5.32 Å². The molecular formula is C14H18N2O2S. The van der Waals surface area contributed by atoms with Crippen LogP contribution in [0.5, 0.6) is 0 Å². The first kappa shape index (κ1) is 11.9. The number of nitrogens with zero attached hydrogens (tertiary/aromatic N) is 1. The van der Waals surface area contributed by atoms with E-state index in [0.717, 1.165) is 38.8 Å². The normalized spacial score (nSPS) is 32.4. The Hall–Kier alpha value is -0.910. The summed E-state index contributed by atoms with van der Waals surface area (Å²) in [6.07, 6.45) is 4.43. The highest BCUT2D eigenvalue weighted by molar-refractivity contribution is 7.07. The van der Waals surface area contributed by atoms with E-state index in [9.17, 15) is 4.79 Å². The van der Waals surface area contributed by atoms with Crippen LogP contribution in [0.4, 0.5) is 0 Å².